The van der Waals surface area contributed by atoms with E-state index in [-0.39, 0.29) is 6.10 Å². The van der Waals surface area contributed by atoms with Crippen LogP contribution in [0.25, 0.3) is 16.7 Å². The SMILES string of the molecule is COc1cn(-c2ccc3nc[nH]c3c2)c(C2CCC(Oc3ccccc3)CC2)c1C. The molecule has 1 aliphatic rings. The number of hydrogen-bond acceptors (Lipinski definition) is 3. The van der Waals surface area contributed by atoms with Gasteiger partial charge in [0.25, 0.3) is 0 Å². The molecule has 5 nitrogen and oxygen atoms in total. The molecule has 0 radical (unpaired) electrons. The van der Waals surface area contributed by atoms with E-state index >= 15 is 0 Å². The molecule has 5 heteroatoms. The Hall–Kier alpha value is -3.21. The molecule has 0 aliphatic heterocycles. The van der Waals surface area contributed by atoms with E-state index < -0.39 is 0 Å². The van der Waals surface area contributed by atoms with Gasteiger partial charge in [-0.15, -0.1) is 0 Å². The second-order valence-corrected chi connectivity index (χ2v) is 8.09. The summed E-state index contributed by atoms with van der Waals surface area (Å²) in [6.07, 6.45) is 8.49. The number of fused-ring (bicyclic) bond motifs is 1. The van der Waals surface area contributed by atoms with Crippen LogP contribution in [0.4, 0.5) is 0 Å². The number of benzene rings is 2. The van der Waals surface area contributed by atoms with E-state index in [1.54, 1.807) is 13.4 Å². The number of ether oxygens (including phenoxy) is 2. The van der Waals surface area contributed by atoms with E-state index in [9.17, 15) is 0 Å². The smallest absolute Gasteiger partial charge is 0.140 e. The third kappa shape index (κ3) is 3.45. The second-order valence-electron chi connectivity index (χ2n) is 8.09. The Morgan fingerprint density at radius 3 is 2.60 bits per heavy atom. The van der Waals surface area contributed by atoms with Crippen LogP contribution in [-0.4, -0.2) is 27.7 Å². The molecule has 5 rings (SSSR count). The van der Waals surface area contributed by atoms with Gasteiger partial charge < -0.3 is 19.0 Å². The van der Waals surface area contributed by atoms with Crippen molar-refractivity contribution >= 4 is 11.0 Å². The summed E-state index contributed by atoms with van der Waals surface area (Å²) in [5.41, 5.74) is 5.74. The van der Waals surface area contributed by atoms with Gasteiger partial charge in [-0.2, -0.15) is 0 Å². The van der Waals surface area contributed by atoms with Crippen molar-refractivity contribution in [2.24, 2.45) is 0 Å². The molecule has 1 saturated carbocycles. The maximum Gasteiger partial charge on any atom is 0.140 e. The van der Waals surface area contributed by atoms with Gasteiger partial charge in [-0.25, -0.2) is 4.98 Å². The third-order valence-electron chi connectivity index (χ3n) is 6.27. The highest BCUT2D eigenvalue weighted by Gasteiger charge is 2.28. The minimum atomic E-state index is 0.288. The van der Waals surface area contributed by atoms with Gasteiger partial charge in [-0.3, -0.25) is 0 Å². The molecular weight excluding hydrogens is 374 g/mol. The fraction of sp³-hybridized carbons (Fsp3) is 0.320. The summed E-state index contributed by atoms with van der Waals surface area (Å²) in [7, 11) is 1.75. The normalized spacial score (nSPS) is 19.1. The number of imidazole rings is 1. The third-order valence-corrected chi connectivity index (χ3v) is 6.27. The molecule has 2 aromatic heterocycles. The van der Waals surface area contributed by atoms with Crippen molar-refractivity contribution in [2.75, 3.05) is 7.11 Å². The standard InChI is InChI=1S/C25H27N3O2/c1-17-24(29-2)15-28(19-10-13-22-23(14-19)27-16-26-22)25(17)18-8-11-21(12-9-18)30-20-6-4-3-5-7-20/h3-7,10,13-16,18,21H,8-9,11-12H2,1-2H3,(H,26,27). The number of rotatable bonds is 5. The van der Waals surface area contributed by atoms with Gasteiger partial charge in [0, 0.05) is 22.9 Å². The van der Waals surface area contributed by atoms with E-state index in [1.807, 2.05) is 30.3 Å². The molecule has 0 bridgehead atoms. The summed E-state index contributed by atoms with van der Waals surface area (Å²) in [6.45, 7) is 2.17. The van der Waals surface area contributed by atoms with Crippen LogP contribution in [0.5, 0.6) is 11.5 Å². The number of H-pyrrole nitrogens is 1. The van der Waals surface area contributed by atoms with E-state index in [0.717, 1.165) is 53.9 Å². The summed E-state index contributed by atoms with van der Waals surface area (Å²) >= 11 is 0. The van der Waals surface area contributed by atoms with Crippen molar-refractivity contribution in [3.8, 4) is 17.2 Å². The summed E-state index contributed by atoms with van der Waals surface area (Å²) in [5.74, 6) is 2.40. The lowest BCUT2D eigenvalue weighted by Gasteiger charge is -2.30. The quantitative estimate of drug-likeness (QED) is 0.461. The van der Waals surface area contributed by atoms with Crippen LogP contribution >= 0.6 is 0 Å². The van der Waals surface area contributed by atoms with E-state index in [2.05, 4.69) is 45.9 Å². The molecule has 2 heterocycles. The minimum absolute atomic E-state index is 0.288. The lowest BCUT2D eigenvalue weighted by Crippen LogP contribution is -2.24. The average Bonchev–Trinajstić information content (AvgIpc) is 3.38. The van der Waals surface area contributed by atoms with Crippen LogP contribution in [0.2, 0.25) is 0 Å². The van der Waals surface area contributed by atoms with Crippen LogP contribution in [0, 0.1) is 6.92 Å². The Bertz CT molecular complexity index is 1140. The lowest BCUT2D eigenvalue weighted by molar-refractivity contribution is 0.145. The zero-order valence-electron chi connectivity index (χ0n) is 17.5. The van der Waals surface area contributed by atoms with Gasteiger partial charge in [-0.1, -0.05) is 18.2 Å². The molecule has 1 aliphatic carbocycles. The first-order chi connectivity index (χ1) is 14.7. The summed E-state index contributed by atoms with van der Waals surface area (Å²) in [4.78, 5) is 7.56. The Balaban J connectivity index is 1.41. The van der Waals surface area contributed by atoms with Gasteiger partial charge in [0.1, 0.15) is 11.5 Å². The zero-order valence-corrected chi connectivity index (χ0v) is 17.5. The number of para-hydroxylation sites is 1. The van der Waals surface area contributed by atoms with Crippen molar-refractivity contribution in [3.63, 3.8) is 0 Å². The number of methoxy groups -OCH3 is 1. The van der Waals surface area contributed by atoms with Crippen LogP contribution in [0.3, 0.4) is 0 Å². The fourth-order valence-corrected chi connectivity index (χ4v) is 4.73. The highest BCUT2D eigenvalue weighted by Crippen LogP contribution is 2.40. The first-order valence-electron chi connectivity index (χ1n) is 10.6. The van der Waals surface area contributed by atoms with Crippen LogP contribution in [0.1, 0.15) is 42.9 Å². The second kappa shape index (κ2) is 7.90. The highest BCUT2D eigenvalue weighted by atomic mass is 16.5. The molecule has 30 heavy (non-hydrogen) atoms. The molecule has 2 aromatic carbocycles. The van der Waals surface area contributed by atoms with Crippen molar-refractivity contribution in [1.82, 2.24) is 14.5 Å². The first-order valence-corrected chi connectivity index (χ1v) is 10.6. The van der Waals surface area contributed by atoms with Crippen LogP contribution in [-0.2, 0) is 0 Å². The number of nitrogens with zero attached hydrogens (tertiary/aromatic N) is 2. The first kappa shape index (κ1) is 18.8. The summed E-state index contributed by atoms with van der Waals surface area (Å²) in [5, 5.41) is 0. The minimum Gasteiger partial charge on any atom is -0.495 e. The van der Waals surface area contributed by atoms with Gasteiger partial charge in [0.2, 0.25) is 0 Å². The molecular formula is C25H27N3O2. The molecule has 0 atom stereocenters. The predicted octanol–water partition coefficient (Wildman–Crippen LogP) is 5.78. The number of aromatic amines is 1. The molecule has 1 N–H and O–H groups in total. The Morgan fingerprint density at radius 2 is 1.83 bits per heavy atom. The van der Waals surface area contributed by atoms with Gasteiger partial charge in [-0.05, 0) is 62.9 Å². The average molecular weight is 402 g/mol. The monoisotopic (exact) mass is 401 g/mol. The molecule has 4 aromatic rings. The summed E-state index contributed by atoms with van der Waals surface area (Å²) < 4.78 is 14.2. The van der Waals surface area contributed by atoms with E-state index in [1.165, 1.54) is 11.3 Å². The molecule has 0 amide bonds. The number of aromatic nitrogens is 3. The lowest BCUT2D eigenvalue weighted by atomic mass is 9.84. The molecule has 0 spiro atoms. The Morgan fingerprint density at radius 1 is 1.03 bits per heavy atom. The Labute approximate surface area is 176 Å². The number of hydrogen-bond donors (Lipinski definition) is 1. The maximum atomic E-state index is 6.21. The van der Waals surface area contributed by atoms with Crippen molar-refractivity contribution < 1.29 is 9.47 Å². The van der Waals surface area contributed by atoms with Gasteiger partial charge >= 0.3 is 0 Å². The van der Waals surface area contributed by atoms with Crippen molar-refractivity contribution in [1.29, 1.82) is 0 Å². The molecule has 1 fully saturated rings. The fourth-order valence-electron chi connectivity index (χ4n) is 4.73. The topological polar surface area (TPSA) is 52.1 Å². The van der Waals surface area contributed by atoms with Crippen LogP contribution in [0.15, 0.2) is 61.1 Å². The van der Waals surface area contributed by atoms with Crippen molar-refractivity contribution in [3.05, 3.63) is 72.3 Å². The van der Waals surface area contributed by atoms with E-state index in [4.69, 9.17) is 9.47 Å². The number of nitrogens with one attached hydrogen (secondary N) is 1. The largest absolute Gasteiger partial charge is 0.495 e. The molecule has 0 saturated heterocycles. The Kier molecular flexibility index (Phi) is 4.95. The zero-order chi connectivity index (χ0) is 20.5. The molecule has 0 unspecified atom stereocenters. The molecule has 154 valence electrons. The highest BCUT2D eigenvalue weighted by molar-refractivity contribution is 5.77. The predicted molar refractivity (Wildman–Crippen MR) is 119 cm³/mol. The van der Waals surface area contributed by atoms with E-state index in [0.29, 0.717) is 5.92 Å². The maximum absolute atomic E-state index is 6.21. The van der Waals surface area contributed by atoms with Gasteiger partial charge in [0.05, 0.1) is 36.8 Å². The summed E-state index contributed by atoms with van der Waals surface area (Å²) in [6, 6.07) is 16.5. The van der Waals surface area contributed by atoms with Crippen LogP contribution < -0.4 is 9.47 Å². The van der Waals surface area contributed by atoms with Crippen molar-refractivity contribution in [2.45, 2.75) is 44.6 Å². The van der Waals surface area contributed by atoms with Gasteiger partial charge in [0.15, 0.2) is 0 Å².